The number of unbranched alkanes of at least 4 members (excludes halogenated alkanes) is 1. The van der Waals surface area contributed by atoms with Crippen LogP contribution in [-0.4, -0.2) is 43.9 Å². The lowest BCUT2D eigenvalue weighted by Gasteiger charge is -2.08. The minimum atomic E-state index is -0.381. The lowest BCUT2D eigenvalue weighted by atomic mass is 10.1. The Hall–Kier alpha value is -1.16. The van der Waals surface area contributed by atoms with E-state index >= 15 is 0 Å². The summed E-state index contributed by atoms with van der Waals surface area (Å²) in [6.45, 7) is 6.41. The van der Waals surface area contributed by atoms with Gasteiger partial charge in [-0.15, -0.1) is 0 Å². The van der Waals surface area contributed by atoms with Gasteiger partial charge in [-0.3, -0.25) is 4.79 Å². The number of hydrogen-bond donors (Lipinski definition) is 0. The molecule has 0 saturated carbocycles. The van der Waals surface area contributed by atoms with Gasteiger partial charge in [0, 0.05) is 18.4 Å². The molecule has 0 rings (SSSR count). The number of ketones is 1. The van der Waals surface area contributed by atoms with E-state index in [0.29, 0.717) is 31.4 Å². The molecule has 0 bridgehead atoms. The van der Waals surface area contributed by atoms with Crippen LogP contribution in [0.1, 0.15) is 39.0 Å². The van der Waals surface area contributed by atoms with Crippen molar-refractivity contribution >= 4 is 11.8 Å². The summed E-state index contributed by atoms with van der Waals surface area (Å²) in [5, 5.41) is 0. The summed E-state index contributed by atoms with van der Waals surface area (Å²) in [5.41, 5.74) is 0.394. The molecule has 0 atom stereocenters. The quantitative estimate of drug-likeness (QED) is 0.341. The molecular formula is C14H25NO3. The molecule has 0 saturated heterocycles. The molecule has 4 heteroatoms. The van der Waals surface area contributed by atoms with Gasteiger partial charge in [0.25, 0.3) is 0 Å². The van der Waals surface area contributed by atoms with E-state index < -0.39 is 0 Å². The summed E-state index contributed by atoms with van der Waals surface area (Å²) in [6.07, 6.45) is 3.70. The van der Waals surface area contributed by atoms with Gasteiger partial charge in [0.05, 0.1) is 6.61 Å². The largest absolute Gasteiger partial charge is 0.462 e. The lowest BCUT2D eigenvalue weighted by Crippen LogP contribution is -2.13. The van der Waals surface area contributed by atoms with Gasteiger partial charge in [-0.25, -0.2) is 4.79 Å². The first-order chi connectivity index (χ1) is 8.43. The van der Waals surface area contributed by atoms with Gasteiger partial charge in [0.15, 0.2) is 0 Å². The van der Waals surface area contributed by atoms with E-state index in [2.05, 4.69) is 11.5 Å². The van der Waals surface area contributed by atoms with Crippen LogP contribution in [0.3, 0.4) is 0 Å². The predicted octanol–water partition coefficient (Wildman–Crippen LogP) is 2.19. The highest BCUT2D eigenvalue weighted by Gasteiger charge is 2.05. The van der Waals surface area contributed by atoms with E-state index in [0.717, 1.165) is 19.4 Å². The number of rotatable bonds is 10. The molecule has 0 aromatic carbocycles. The number of ether oxygens (including phenoxy) is 1. The molecule has 0 heterocycles. The molecule has 0 aliphatic rings. The Morgan fingerprint density at radius 3 is 2.28 bits per heavy atom. The van der Waals surface area contributed by atoms with Crippen LogP contribution in [0.5, 0.6) is 0 Å². The highest BCUT2D eigenvalue weighted by molar-refractivity contribution is 5.86. The van der Waals surface area contributed by atoms with Crippen LogP contribution in [0.25, 0.3) is 0 Å². The smallest absolute Gasteiger partial charge is 0.333 e. The number of hydrogen-bond acceptors (Lipinski definition) is 4. The van der Waals surface area contributed by atoms with Gasteiger partial charge in [0.2, 0.25) is 0 Å². The molecule has 0 fully saturated rings. The molecule has 4 nitrogen and oxygen atoms in total. The average Bonchev–Trinajstić information content (AvgIpc) is 2.29. The number of Topliss-reactive ketones (excluding diaryl/α,β-unsaturated/α-hetero) is 1. The third-order valence-corrected chi connectivity index (χ3v) is 2.49. The van der Waals surface area contributed by atoms with Crippen LogP contribution in [-0.2, 0) is 14.3 Å². The zero-order valence-corrected chi connectivity index (χ0v) is 11.8. The molecule has 0 aromatic rings. The molecule has 0 unspecified atom stereocenters. The Morgan fingerprint density at radius 2 is 1.72 bits per heavy atom. The van der Waals surface area contributed by atoms with E-state index in [9.17, 15) is 9.59 Å². The lowest BCUT2D eigenvalue weighted by molar-refractivity contribution is -0.139. The van der Waals surface area contributed by atoms with Crippen molar-refractivity contribution < 1.29 is 14.3 Å². The summed E-state index contributed by atoms with van der Waals surface area (Å²) in [6, 6.07) is 0. The molecule has 0 N–H and O–H groups in total. The first kappa shape index (κ1) is 16.8. The molecule has 0 amide bonds. The minimum absolute atomic E-state index is 0.250. The molecule has 0 aliphatic heterocycles. The van der Waals surface area contributed by atoms with Crippen LogP contribution < -0.4 is 0 Å². The van der Waals surface area contributed by atoms with Crippen LogP contribution in [0, 0.1) is 0 Å². The van der Waals surface area contributed by atoms with E-state index in [1.165, 1.54) is 0 Å². The van der Waals surface area contributed by atoms with E-state index in [1.54, 1.807) is 6.92 Å². The van der Waals surface area contributed by atoms with Gasteiger partial charge in [-0.1, -0.05) is 6.58 Å². The maximum absolute atomic E-state index is 11.5. The first-order valence-electron chi connectivity index (χ1n) is 6.42. The van der Waals surface area contributed by atoms with Crippen LogP contribution in [0.15, 0.2) is 12.2 Å². The van der Waals surface area contributed by atoms with Gasteiger partial charge < -0.3 is 9.64 Å². The van der Waals surface area contributed by atoms with E-state index in [4.69, 9.17) is 4.74 Å². The van der Waals surface area contributed by atoms with Crippen molar-refractivity contribution in [3.63, 3.8) is 0 Å². The van der Waals surface area contributed by atoms with Crippen molar-refractivity contribution in [2.24, 2.45) is 0 Å². The Morgan fingerprint density at radius 1 is 1.11 bits per heavy atom. The van der Waals surface area contributed by atoms with Crippen LogP contribution in [0.4, 0.5) is 0 Å². The summed E-state index contributed by atoms with van der Waals surface area (Å²) >= 11 is 0. The average molecular weight is 255 g/mol. The SMILES string of the molecule is C=C(C)C(=O)OCCCC(=O)CCCCN(C)C. The first-order valence-corrected chi connectivity index (χ1v) is 6.42. The standard InChI is InChI=1S/C14H25NO3/c1-12(2)14(17)18-11-7-9-13(16)8-5-6-10-15(3)4/h1,5-11H2,2-4H3. The normalized spacial score (nSPS) is 10.4. The Balaban J connectivity index is 3.43. The number of carbonyl (C=O) groups excluding carboxylic acids is 2. The number of nitrogens with zero attached hydrogens (tertiary/aromatic N) is 1. The second-order valence-corrected chi connectivity index (χ2v) is 4.82. The summed E-state index contributed by atoms with van der Waals surface area (Å²) in [4.78, 5) is 24.7. The van der Waals surface area contributed by atoms with Crippen molar-refractivity contribution in [1.82, 2.24) is 4.90 Å². The summed E-state index contributed by atoms with van der Waals surface area (Å²) < 4.78 is 4.91. The van der Waals surface area contributed by atoms with Gasteiger partial charge in [-0.2, -0.15) is 0 Å². The second-order valence-electron chi connectivity index (χ2n) is 4.82. The molecule has 0 aromatic heterocycles. The van der Waals surface area contributed by atoms with Gasteiger partial charge in [-0.05, 0) is 46.8 Å². The maximum atomic E-state index is 11.5. The highest BCUT2D eigenvalue weighted by Crippen LogP contribution is 2.03. The number of carbonyl (C=O) groups is 2. The third-order valence-electron chi connectivity index (χ3n) is 2.49. The molecule has 18 heavy (non-hydrogen) atoms. The van der Waals surface area contributed by atoms with Crippen molar-refractivity contribution in [1.29, 1.82) is 0 Å². The zero-order chi connectivity index (χ0) is 14.0. The maximum Gasteiger partial charge on any atom is 0.333 e. The van der Waals surface area contributed by atoms with Crippen molar-refractivity contribution in [2.45, 2.75) is 39.0 Å². The Kier molecular flexibility index (Phi) is 9.19. The highest BCUT2D eigenvalue weighted by atomic mass is 16.5. The fourth-order valence-corrected chi connectivity index (χ4v) is 1.43. The third kappa shape index (κ3) is 10.0. The van der Waals surface area contributed by atoms with E-state index in [-0.39, 0.29) is 11.8 Å². The fourth-order valence-electron chi connectivity index (χ4n) is 1.43. The van der Waals surface area contributed by atoms with Gasteiger partial charge in [0.1, 0.15) is 5.78 Å². The molecular weight excluding hydrogens is 230 g/mol. The topological polar surface area (TPSA) is 46.6 Å². The van der Waals surface area contributed by atoms with E-state index in [1.807, 2.05) is 14.1 Å². The molecule has 0 radical (unpaired) electrons. The van der Waals surface area contributed by atoms with Crippen molar-refractivity contribution in [3.05, 3.63) is 12.2 Å². The number of esters is 1. The fraction of sp³-hybridized carbons (Fsp3) is 0.714. The summed E-state index contributed by atoms with van der Waals surface area (Å²) in [7, 11) is 4.05. The Labute approximate surface area is 110 Å². The van der Waals surface area contributed by atoms with Gasteiger partial charge >= 0.3 is 5.97 Å². The van der Waals surface area contributed by atoms with Crippen molar-refractivity contribution in [2.75, 3.05) is 27.2 Å². The van der Waals surface area contributed by atoms with Crippen molar-refractivity contribution in [3.8, 4) is 0 Å². The minimum Gasteiger partial charge on any atom is -0.462 e. The monoisotopic (exact) mass is 255 g/mol. The van der Waals surface area contributed by atoms with Crippen LogP contribution in [0.2, 0.25) is 0 Å². The summed E-state index contributed by atoms with van der Waals surface area (Å²) in [5.74, 6) is -0.131. The predicted molar refractivity (Wildman–Crippen MR) is 72.4 cm³/mol. The van der Waals surface area contributed by atoms with Crippen LogP contribution >= 0.6 is 0 Å². The molecule has 0 spiro atoms. The zero-order valence-electron chi connectivity index (χ0n) is 11.8. The molecule has 0 aliphatic carbocycles. The second kappa shape index (κ2) is 9.83. The molecule has 104 valence electrons. The Bertz CT molecular complexity index is 285.